The van der Waals surface area contributed by atoms with Crippen LogP contribution in [0, 0.1) is 22.7 Å². The molecule has 1 aromatic carbocycles. The Morgan fingerprint density at radius 1 is 1.26 bits per heavy atom. The van der Waals surface area contributed by atoms with E-state index in [0.717, 1.165) is 11.8 Å². The first-order chi connectivity index (χ1) is 12.9. The zero-order chi connectivity index (χ0) is 20.0. The number of nitrogen functional groups attached to an aromatic ring is 1. The maximum atomic E-state index is 12.3. The second-order valence-corrected chi connectivity index (χ2v) is 6.70. The summed E-state index contributed by atoms with van der Waals surface area (Å²) in [5, 5.41) is 18.8. The Morgan fingerprint density at radius 2 is 1.89 bits per heavy atom. The van der Waals surface area contributed by atoms with Gasteiger partial charge in [0, 0.05) is 10.5 Å². The number of carbonyl (C=O) groups excluding carboxylic acids is 1. The molecule has 1 aromatic heterocycles. The fourth-order valence-electron chi connectivity index (χ4n) is 2.11. The molecule has 10 heteroatoms. The first kappa shape index (κ1) is 20.5. The van der Waals surface area contributed by atoms with Crippen LogP contribution in [0.25, 0.3) is 0 Å². The van der Waals surface area contributed by atoms with E-state index in [0.29, 0.717) is 10.5 Å². The Balaban J connectivity index is 2.19. The second-order valence-electron chi connectivity index (χ2n) is 4.92. The molecule has 1 heterocycles. The van der Waals surface area contributed by atoms with Crippen LogP contribution >= 0.6 is 23.5 Å². The molecular formula is C17H12F2N4O2S2. The van der Waals surface area contributed by atoms with Crippen molar-refractivity contribution in [1.82, 2.24) is 4.98 Å². The quantitative estimate of drug-likeness (QED) is 0.547. The molecule has 0 fully saturated rings. The summed E-state index contributed by atoms with van der Waals surface area (Å²) in [4.78, 5) is 16.8. The first-order valence-electron chi connectivity index (χ1n) is 7.29. The number of benzene rings is 1. The molecule has 2 N–H and O–H groups in total. The van der Waals surface area contributed by atoms with Gasteiger partial charge < -0.3 is 10.5 Å². The molecule has 0 unspecified atom stereocenters. The zero-order valence-corrected chi connectivity index (χ0v) is 15.5. The number of carbonyl (C=O) groups is 1. The molecule has 6 nitrogen and oxygen atoms in total. The predicted octanol–water partition coefficient (Wildman–Crippen LogP) is 3.71. The van der Waals surface area contributed by atoms with E-state index >= 15 is 0 Å². The molecule has 0 aliphatic carbocycles. The SMILES string of the molecule is CSc1c(C#N)c(N)nc(SCC(=O)c2ccc(OC(F)F)cc2)c1C#N. The molecule has 0 amide bonds. The minimum Gasteiger partial charge on any atom is -0.435 e. The van der Waals surface area contributed by atoms with Crippen molar-refractivity contribution in [3.8, 4) is 17.9 Å². The Morgan fingerprint density at radius 3 is 2.41 bits per heavy atom. The molecule has 2 rings (SSSR count). The van der Waals surface area contributed by atoms with E-state index in [4.69, 9.17) is 5.73 Å². The molecule has 0 aliphatic heterocycles. The van der Waals surface area contributed by atoms with Crippen LogP contribution in [0.2, 0.25) is 0 Å². The topological polar surface area (TPSA) is 113 Å². The Kier molecular flexibility index (Phi) is 6.99. The Labute approximate surface area is 162 Å². The van der Waals surface area contributed by atoms with Gasteiger partial charge in [0.05, 0.1) is 11.3 Å². The summed E-state index contributed by atoms with van der Waals surface area (Å²) in [6.07, 6.45) is 1.71. The molecule has 0 saturated carbocycles. The maximum Gasteiger partial charge on any atom is 0.387 e. The van der Waals surface area contributed by atoms with Crippen molar-refractivity contribution >= 4 is 35.1 Å². The summed E-state index contributed by atoms with van der Waals surface area (Å²) in [5.74, 6) is -0.394. The van der Waals surface area contributed by atoms with E-state index in [1.807, 2.05) is 12.1 Å². The smallest absolute Gasteiger partial charge is 0.387 e. The summed E-state index contributed by atoms with van der Waals surface area (Å²) >= 11 is 2.21. The molecule has 0 saturated heterocycles. The van der Waals surface area contributed by atoms with Crippen LogP contribution in [0.3, 0.4) is 0 Å². The lowest BCUT2D eigenvalue weighted by molar-refractivity contribution is -0.0498. The number of nitrogens with zero attached hydrogens (tertiary/aromatic N) is 3. The average Bonchev–Trinajstić information content (AvgIpc) is 2.65. The third-order valence-corrected chi connectivity index (χ3v) is 5.11. The van der Waals surface area contributed by atoms with Crippen molar-refractivity contribution in [2.75, 3.05) is 17.7 Å². The van der Waals surface area contributed by atoms with Crippen molar-refractivity contribution in [3.05, 3.63) is 41.0 Å². The number of ether oxygens (including phenoxy) is 1. The van der Waals surface area contributed by atoms with Crippen molar-refractivity contribution in [2.45, 2.75) is 16.5 Å². The Bertz CT molecular complexity index is 938. The maximum absolute atomic E-state index is 12.3. The lowest BCUT2D eigenvalue weighted by Crippen LogP contribution is -2.06. The van der Waals surface area contributed by atoms with E-state index in [9.17, 15) is 24.1 Å². The van der Waals surface area contributed by atoms with Crippen molar-refractivity contribution in [1.29, 1.82) is 10.5 Å². The number of nitrogens with two attached hydrogens (primary N) is 1. The third kappa shape index (κ3) is 4.88. The molecule has 0 atom stereocenters. The lowest BCUT2D eigenvalue weighted by atomic mass is 10.1. The number of anilines is 1. The average molecular weight is 406 g/mol. The Hall–Kier alpha value is -2.82. The number of Topliss-reactive ketones (excluding diaryl/α,β-unsaturated/α-hetero) is 1. The van der Waals surface area contributed by atoms with Gasteiger partial charge in [-0.25, -0.2) is 4.98 Å². The molecule has 0 bridgehead atoms. The van der Waals surface area contributed by atoms with Gasteiger partial charge in [0.2, 0.25) is 0 Å². The number of ketones is 1. The van der Waals surface area contributed by atoms with Gasteiger partial charge in [0.15, 0.2) is 5.78 Å². The van der Waals surface area contributed by atoms with Gasteiger partial charge in [-0.05, 0) is 30.5 Å². The van der Waals surface area contributed by atoms with Crippen molar-refractivity contribution in [3.63, 3.8) is 0 Å². The van der Waals surface area contributed by atoms with Crippen molar-refractivity contribution in [2.24, 2.45) is 0 Å². The molecule has 27 heavy (non-hydrogen) atoms. The highest BCUT2D eigenvalue weighted by Gasteiger charge is 2.19. The van der Waals surface area contributed by atoms with E-state index in [2.05, 4.69) is 9.72 Å². The summed E-state index contributed by atoms with van der Waals surface area (Å²) in [5.41, 5.74) is 6.39. The van der Waals surface area contributed by atoms with Gasteiger partial charge in [0.1, 0.15) is 34.3 Å². The van der Waals surface area contributed by atoms with Crippen LogP contribution in [0.5, 0.6) is 5.75 Å². The molecule has 138 valence electrons. The monoisotopic (exact) mass is 406 g/mol. The van der Waals surface area contributed by atoms with Crippen LogP contribution in [0.4, 0.5) is 14.6 Å². The van der Waals surface area contributed by atoms with Crippen LogP contribution < -0.4 is 10.5 Å². The first-order valence-corrected chi connectivity index (χ1v) is 9.50. The van der Waals surface area contributed by atoms with Gasteiger partial charge in [-0.1, -0.05) is 11.8 Å². The number of nitriles is 2. The number of halogens is 2. The van der Waals surface area contributed by atoms with Gasteiger partial charge in [-0.15, -0.1) is 11.8 Å². The molecular weight excluding hydrogens is 394 g/mol. The standard InChI is InChI=1S/C17H12F2N4O2S2/c1-26-14-11(6-20)15(22)23-16(12(14)7-21)27-8-13(24)9-2-4-10(5-3-9)25-17(18)19/h2-5,17H,8H2,1H3,(H2,22,23). The van der Waals surface area contributed by atoms with Crippen LogP contribution in [0.1, 0.15) is 21.5 Å². The van der Waals surface area contributed by atoms with E-state index in [1.165, 1.54) is 36.0 Å². The summed E-state index contributed by atoms with van der Waals surface area (Å²) in [7, 11) is 0. The van der Waals surface area contributed by atoms with E-state index in [-0.39, 0.29) is 39.3 Å². The lowest BCUT2D eigenvalue weighted by Gasteiger charge is -2.10. The number of aromatic nitrogens is 1. The number of pyridine rings is 1. The van der Waals surface area contributed by atoms with Gasteiger partial charge in [-0.3, -0.25) is 4.79 Å². The highest BCUT2D eigenvalue weighted by atomic mass is 32.2. The molecule has 2 aromatic rings. The summed E-state index contributed by atoms with van der Waals surface area (Å²) in [6.45, 7) is -2.94. The second kappa shape index (κ2) is 9.21. The highest BCUT2D eigenvalue weighted by Crippen LogP contribution is 2.34. The fourth-order valence-corrected chi connectivity index (χ4v) is 3.77. The highest BCUT2D eigenvalue weighted by molar-refractivity contribution is 8.00. The number of alkyl halides is 2. The normalized spacial score (nSPS) is 10.3. The predicted molar refractivity (Wildman–Crippen MR) is 98.0 cm³/mol. The largest absolute Gasteiger partial charge is 0.435 e. The van der Waals surface area contributed by atoms with Gasteiger partial charge >= 0.3 is 6.61 Å². The minimum absolute atomic E-state index is 0.00991. The van der Waals surface area contributed by atoms with Crippen LogP contribution in [0.15, 0.2) is 34.2 Å². The number of hydrogen-bond acceptors (Lipinski definition) is 8. The van der Waals surface area contributed by atoms with E-state index < -0.39 is 6.61 Å². The zero-order valence-electron chi connectivity index (χ0n) is 13.9. The fraction of sp³-hybridized carbons (Fsp3) is 0.176. The van der Waals surface area contributed by atoms with Crippen LogP contribution in [-0.2, 0) is 0 Å². The summed E-state index contributed by atoms with van der Waals surface area (Å²) < 4.78 is 28.5. The van der Waals surface area contributed by atoms with Crippen molar-refractivity contribution < 1.29 is 18.3 Å². The third-order valence-electron chi connectivity index (χ3n) is 3.32. The van der Waals surface area contributed by atoms with Gasteiger partial charge in [-0.2, -0.15) is 19.3 Å². The molecule has 0 aliphatic rings. The van der Waals surface area contributed by atoms with Gasteiger partial charge in [0.25, 0.3) is 0 Å². The number of thioether (sulfide) groups is 2. The molecule has 0 radical (unpaired) electrons. The molecule has 0 spiro atoms. The number of rotatable bonds is 7. The summed E-state index contributed by atoms with van der Waals surface area (Å²) in [6, 6.07) is 9.22. The van der Waals surface area contributed by atoms with Crippen LogP contribution in [-0.4, -0.2) is 29.4 Å². The van der Waals surface area contributed by atoms with E-state index in [1.54, 1.807) is 6.26 Å². The number of hydrogen-bond donors (Lipinski definition) is 1. The minimum atomic E-state index is -2.94.